The summed E-state index contributed by atoms with van der Waals surface area (Å²) in [7, 11) is 4.56. The first kappa shape index (κ1) is 19.2. The molecule has 1 aromatic heterocycles. The number of aryl methyl sites for hydroxylation is 1. The van der Waals surface area contributed by atoms with E-state index in [1.807, 2.05) is 19.1 Å². The molecule has 8 nitrogen and oxygen atoms in total. The number of hydrogen-bond acceptors (Lipinski definition) is 8. The molecule has 0 unspecified atom stereocenters. The molecule has 1 heterocycles. The van der Waals surface area contributed by atoms with Crippen molar-refractivity contribution in [1.82, 2.24) is 10.2 Å². The van der Waals surface area contributed by atoms with E-state index in [1.54, 1.807) is 24.3 Å². The zero-order valence-corrected chi connectivity index (χ0v) is 16.0. The van der Waals surface area contributed by atoms with Crippen LogP contribution in [0.3, 0.4) is 0 Å². The van der Waals surface area contributed by atoms with Gasteiger partial charge in [-0.1, -0.05) is 17.7 Å². The number of benzene rings is 2. The number of methoxy groups -OCH3 is 3. The van der Waals surface area contributed by atoms with Crippen LogP contribution in [0.2, 0.25) is 0 Å². The summed E-state index contributed by atoms with van der Waals surface area (Å²) < 4.78 is 26.8. The molecular formula is C20H20N2O6. The number of nitrogens with zero attached hydrogens (tertiary/aromatic N) is 2. The Bertz CT molecular complexity index is 940. The van der Waals surface area contributed by atoms with Gasteiger partial charge >= 0.3 is 5.97 Å². The topological polar surface area (TPSA) is 92.9 Å². The third-order valence-electron chi connectivity index (χ3n) is 3.99. The SMILES string of the molecule is COc1cc(-c2nnc(COC(=O)c3ccc(C)cc3)o2)cc(OC)c1OC. The zero-order valence-electron chi connectivity index (χ0n) is 16.0. The predicted molar refractivity (Wildman–Crippen MR) is 99.7 cm³/mol. The fourth-order valence-electron chi connectivity index (χ4n) is 2.53. The van der Waals surface area contributed by atoms with Crippen LogP contribution in [-0.2, 0) is 11.3 Å². The molecule has 0 aliphatic rings. The van der Waals surface area contributed by atoms with E-state index in [9.17, 15) is 4.79 Å². The quantitative estimate of drug-likeness (QED) is 0.572. The third kappa shape index (κ3) is 4.06. The van der Waals surface area contributed by atoms with Crippen LogP contribution >= 0.6 is 0 Å². The van der Waals surface area contributed by atoms with E-state index in [0.717, 1.165) is 5.56 Å². The van der Waals surface area contributed by atoms with Crippen LogP contribution in [0, 0.1) is 6.92 Å². The fraction of sp³-hybridized carbons (Fsp3) is 0.250. The van der Waals surface area contributed by atoms with Gasteiger partial charge in [0.05, 0.1) is 26.9 Å². The van der Waals surface area contributed by atoms with Crippen LogP contribution in [0.1, 0.15) is 21.8 Å². The molecule has 28 heavy (non-hydrogen) atoms. The highest BCUT2D eigenvalue weighted by Crippen LogP contribution is 2.40. The van der Waals surface area contributed by atoms with E-state index in [4.69, 9.17) is 23.4 Å². The van der Waals surface area contributed by atoms with Crippen LogP contribution in [0.15, 0.2) is 40.8 Å². The van der Waals surface area contributed by atoms with Gasteiger partial charge in [-0.2, -0.15) is 0 Å². The third-order valence-corrected chi connectivity index (χ3v) is 3.99. The molecule has 3 aromatic rings. The molecule has 0 radical (unpaired) electrons. The van der Waals surface area contributed by atoms with E-state index in [0.29, 0.717) is 28.4 Å². The molecule has 146 valence electrons. The van der Waals surface area contributed by atoms with E-state index in [1.165, 1.54) is 21.3 Å². The van der Waals surface area contributed by atoms with E-state index in [-0.39, 0.29) is 18.4 Å². The van der Waals surface area contributed by atoms with Crippen molar-refractivity contribution in [1.29, 1.82) is 0 Å². The summed E-state index contributed by atoms with van der Waals surface area (Å²) in [5, 5.41) is 7.91. The normalized spacial score (nSPS) is 10.4. The maximum atomic E-state index is 12.1. The van der Waals surface area contributed by atoms with Gasteiger partial charge in [-0.05, 0) is 31.2 Å². The average Bonchev–Trinajstić information content (AvgIpc) is 3.20. The number of carbonyl (C=O) groups excluding carboxylic acids is 1. The standard InChI is InChI=1S/C20H20N2O6/c1-12-5-7-13(8-6-12)20(23)27-11-17-21-22-19(28-17)14-9-15(24-2)18(26-4)16(10-14)25-3/h5-10H,11H2,1-4H3. The summed E-state index contributed by atoms with van der Waals surface area (Å²) >= 11 is 0. The molecule has 0 aliphatic heterocycles. The average molecular weight is 384 g/mol. The van der Waals surface area contributed by atoms with Gasteiger partial charge in [-0.15, -0.1) is 10.2 Å². The van der Waals surface area contributed by atoms with E-state index in [2.05, 4.69) is 10.2 Å². The highest BCUT2D eigenvalue weighted by Gasteiger charge is 2.18. The summed E-state index contributed by atoms with van der Waals surface area (Å²) in [4.78, 5) is 12.1. The highest BCUT2D eigenvalue weighted by atomic mass is 16.5. The van der Waals surface area contributed by atoms with Crippen LogP contribution in [0.25, 0.3) is 11.5 Å². The van der Waals surface area contributed by atoms with Crippen molar-refractivity contribution in [3.8, 4) is 28.7 Å². The minimum absolute atomic E-state index is 0.135. The molecule has 0 aliphatic carbocycles. The van der Waals surface area contributed by atoms with Gasteiger partial charge in [0.2, 0.25) is 11.6 Å². The second kappa shape index (κ2) is 8.43. The van der Waals surface area contributed by atoms with Crippen LogP contribution in [0.5, 0.6) is 17.2 Å². The summed E-state index contributed by atoms with van der Waals surface area (Å²) in [6.45, 7) is 1.81. The van der Waals surface area contributed by atoms with Gasteiger partial charge in [0.25, 0.3) is 5.89 Å². The number of esters is 1. The Kier molecular flexibility index (Phi) is 5.78. The lowest BCUT2D eigenvalue weighted by molar-refractivity contribution is 0.0438. The smallest absolute Gasteiger partial charge is 0.338 e. The second-order valence-electron chi connectivity index (χ2n) is 5.86. The Hall–Kier alpha value is -3.55. The van der Waals surface area contributed by atoms with Crippen molar-refractivity contribution in [2.75, 3.05) is 21.3 Å². The minimum Gasteiger partial charge on any atom is -0.493 e. The number of aromatic nitrogens is 2. The van der Waals surface area contributed by atoms with Crippen molar-refractivity contribution in [2.24, 2.45) is 0 Å². The van der Waals surface area contributed by atoms with Crippen LogP contribution in [-0.4, -0.2) is 37.5 Å². The van der Waals surface area contributed by atoms with Gasteiger partial charge in [0.1, 0.15) is 0 Å². The Balaban J connectivity index is 1.75. The molecule has 0 atom stereocenters. The Morgan fingerprint density at radius 3 is 2.18 bits per heavy atom. The first-order valence-corrected chi connectivity index (χ1v) is 8.42. The lowest BCUT2D eigenvalue weighted by Crippen LogP contribution is -2.05. The summed E-state index contributed by atoms with van der Waals surface area (Å²) in [6, 6.07) is 10.5. The van der Waals surface area contributed by atoms with Crippen molar-refractivity contribution in [3.05, 3.63) is 53.4 Å². The number of rotatable bonds is 7. The van der Waals surface area contributed by atoms with Gasteiger partial charge in [0.15, 0.2) is 18.1 Å². The zero-order chi connectivity index (χ0) is 20.1. The number of hydrogen-bond donors (Lipinski definition) is 0. The second-order valence-corrected chi connectivity index (χ2v) is 5.86. The maximum Gasteiger partial charge on any atom is 0.338 e. The summed E-state index contributed by atoms with van der Waals surface area (Å²) in [6.07, 6.45) is 0. The maximum absolute atomic E-state index is 12.1. The highest BCUT2D eigenvalue weighted by molar-refractivity contribution is 5.89. The molecule has 0 saturated heterocycles. The fourth-order valence-corrected chi connectivity index (χ4v) is 2.53. The van der Waals surface area contributed by atoms with Gasteiger partial charge < -0.3 is 23.4 Å². The van der Waals surface area contributed by atoms with Gasteiger partial charge in [0, 0.05) is 5.56 Å². The van der Waals surface area contributed by atoms with Crippen LogP contribution < -0.4 is 14.2 Å². The van der Waals surface area contributed by atoms with E-state index < -0.39 is 5.97 Å². The van der Waals surface area contributed by atoms with Crippen molar-refractivity contribution < 1.29 is 28.2 Å². The molecule has 2 aromatic carbocycles. The lowest BCUT2D eigenvalue weighted by Gasteiger charge is -2.12. The lowest BCUT2D eigenvalue weighted by atomic mass is 10.1. The predicted octanol–water partition coefficient (Wildman–Crippen LogP) is 3.43. The molecule has 0 spiro atoms. The largest absolute Gasteiger partial charge is 0.493 e. The van der Waals surface area contributed by atoms with Crippen molar-refractivity contribution in [2.45, 2.75) is 13.5 Å². The Morgan fingerprint density at radius 2 is 1.61 bits per heavy atom. The summed E-state index contributed by atoms with van der Waals surface area (Å²) in [5.41, 5.74) is 2.09. The van der Waals surface area contributed by atoms with Crippen molar-refractivity contribution >= 4 is 5.97 Å². The molecule has 0 N–H and O–H groups in total. The minimum atomic E-state index is -0.465. The first-order chi connectivity index (χ1) is 13.5. The first-order valence-electron chi connectivity index (χ1n) is 8.42. The number of ether oxygens (including phenoxy) is 4. The van der Waals surface area contributed by atoms with Gasteiger partial charge in [-0.3, -0.25) is 0 Å². The van der Waals surface area contributed by atoms with Crippen molar-refractivity contribution in [3.63, 3.8) is 0 Å². The molecule has 0 bridgehead atoms. The Labute approximate surface area is 162 Å². The monoisotopic (exact) mass is 384 g/mol. The van der Waals surface area contributed by atoms with Crippen LogP contribution in [0.4, 0.5) is 0 Å². The molecule has 8 heteroatoms. The molecule has 3 rings (SSSR count). The summed E-state index contributed by atoms with van der Waals surface area (Å²) in [5.74, 6) is 1.32. The number of carbonyl (C=O) groups is 1. The Morgan fingerprint density at radius 1 is 0.964 bits per heavy atom. The van der Waals surface area contributed by atoms with E-state index >= 15 is 0 Å². The van der Waals surface area contributed by atoms with Gasteiger partial charge in [-0.25, -0.2) is 4.79 Å². The molecular weight excluding hydrogens is 364 g/mol. The molecule has 0 saturated carbocycles. The molecule has 0 fully saturated rings. The molecule has 0 amide bonds.